The lowest BCUT2D eigenvalue weighted by Crippen LogP contribution is -2.15. The zero-order valence-electron chi connectivity index (χ0n) is 9.41. The molecule has 0 aliphatic heterocycles. The second-order valence-corrected chi connectivity index (χ2v) is 3.98. The molecule has 0 saturated carbocycles. The normalized spacial score (nSPS) is 14.7. The van der Waals surface area contributed by atoms with E-state index in [0.717, 1.165) is 5.56 Å². The van der Waals surface area contributed by atoms with Crippen LogP contribution in [0.15, 0.2) is 36.7 Å². The van der Waals surface area contributed by atoms with Crippen molar-refractivity contribution in [2.24, 2.45) is 0 Å². The molecule has 16 heavy (non-hydrogen) atoms. The second kappa shape index (κ2) is 4.45. The number of hydrogen-bond donors (Lipinski definition) is 1. The van der Waals surface area contributed by atoms with Crippen LogP contribution in [0.5, 0.6) is 0 Å². The minimum atomic E-state index is -0.567. The molecular formula is C12H15N3O. The molecule has 0 radical (unpaired) electrons. The van der Waals surface area contributed by atoms with Crippen molar-refractivity contribution in [1.29, 1.82) is 0 Å². The summed E-state index contributed by atoms with van der Waals surface area (Å²) in [4.78, 5) is 0. The zero-order valence-corrected chi connectivity index (χ0v) is 9.41. The highest BCUT2D eigenvalue weighted by molar-refractivity contribution is 5.23. The quantitative estimate of drug-likeness (QED) is 0.854. The molecule has 0 amide bonds. The highest BCUT2D eigenvalue weighted by atomic mass is 16.3. The Hall–Kier alpha value is -1.68. The summed E-state index contributed by atoms with van der Waals surface area (Å²) in [6.45, 7) is 3.94. The number of aryl methyl sites for hydroxylation is 1. The van der Waals surface area contributed by atoms with Crippen molar-refractivity contribution in [3.63, 3.8) is 0 Å². The molecule has 1 N–H and O–H groups in total. The average molecular weight is 217 g/mol. The molecule has 0 fully saturated rings. The summed E-state index contributed by atoms with van der Waals surface area (Å²) in [6, 6.07) is 7.74. The Bertz CT molecular complexity index is 436. The number of rotatable bonds is 3. The third-order valence-electron chi connectivity index (χ3n) is 2.73. The molecule has 2 unspecified atom stereocenters. The maximum atomic E-state index is 10.2. The fourth-order valence-electron chi connectivity index (χ4n) is 1.62. The lowest BCUT2D eigenvalue weighted by molar-refractivity contribution is 0.114. The third kappa shape index (κ3) is 2.12. The molecule has 1 heterocycles. The molecule has 0 bridgehead atoms. The minimum Gasteiger partial charge on any atom is -0.386 e. The molecule has 4 heteroatoms. The van der Waals surface area contributed by atoms with Gasteiger partial charge in [0.05, 0.1) is 12.2 Å². The Kier molecular flexibility index (Phi) is 3.01. The minimum absolute atomic E-state index is 0.120. The van der Waals surface area contributed by atoms with Crippen molar-refractivity contribution in [3.8, 4) is 0 Å². The highest BCUT2D eigenvalue weighted by Crippen LogP contribution is 2.24. The van der Waals surface area contributed by atoms with Gasteiger partial charge in [0.15, 0.2) is 0 Å². The molecule has 1 aromatic carbocycles. The maximum Gasteiger partial charge on any atom is 0.101 e. The van der Waals surface area contributed by atoms with E-state index in [-0.39, 0.29) is 6.04 Å². The van der Waals surface area contributed by atoms with Crippen LogP contribution in [-0.2, 0) is 0 Å². The summed E-state index contributed by atoms with van der Waals surface area (Å²) >= 11 is 0. The van der Waals surface area contributed by atoms with Gasteiger partial charge in [0.25, 0.3) is 0 Å². The van der Waals surface area contributed by atoms with E-state index in [1.807, 2.05) is 38.1 Å². The lowest BCUT2D eigenvalue weighted by atomic mass is 10.0. The van der Waals surface area contributed by atoms with E-state index < -0.39 is 6.10 Å². The molecule has 84 valence electrons. The van der Waals surface area contributed by atoms with Gasteiger partial charge in [0.2, 0.25) is 0 Å². The first-order chi connectivity index (χ1) is 7.68. The summed E-state index contributed by atoms with van der Waals surface area (Å²) in [5.74, 6) is 0. The fraction of sp³-hybridized carbons (Fsp3) is 0.333. The number of nitrogens with zero attached hydrogens (tertiary/aromatic N) is 3. The van der Waals surface area contributed by atoms with Crippen molar-refractivity contribution in [3.05, 3.63) is 47.8 Å². The van der Waals surface area contributed by atoms with Gasteiger partial charge in [-0.2, -0.15) is 0 Å². The van der Waals surface area contributed by atoms with Crippen molar-refractivity contribution >= 4 is 0 Å². The van der Waals surface area contributed by atoms with Gasteiger partial charge in [0, 0.05) is 6.20 Å². The van der Waals surface area contributed by atoms with E-state index in [1.54, 1.807) is 17.1 Å². The van der Waals surface area contributed by atoms with Gasteiger partial charge in [-0.1, -0.05) is 35.0 Å². The molecule has 0 aliphatic carbocycles. The van der Waals surface area contributed by atoms with E-state index in [0.29, 0.717) is 0 Å². The Morgan fingerprint density at radius 3 is 2.50 bits per heavy atom. The Balaban J connectivity index is 2.19. The first-order valence-corrected chi connectivity index (χ1v) is 5.29. The van der Waals surface area contributed by atoms with Crippen LogP contribution in [0.2, 0.25) is 0 Å². The SMILES string of the molecule is Cc1ccc(C(O)C(C)n2ccnn2)cc1. The summed E-state index contributed by atoms with van der Waals surface area (Å²) < 4.78 is 1.66. The molecule has 2 aromatic rings. The summed E-state index contributed by atoms with van der Waals surface area (Å²) in [5.41, 5.74) is 2.08. The van der Waals surface area contributed by atoms with Crippen LogP contribution < -0.4 is 0 Å². The fourth-order valence-corrected chi connectivity index (χ4v) is 1.62. The predicted octanol–water partition coefficient (Wildman–Crippen LogP) is 1.88. The second-order valence-electron chi connectivity index (χ2n) is 3.98. The van der Waals surface area contributed by atoms with Crippen molar-refractivity contribution < 1.29 is 5.11 Å². The van der Waals surface area contributed by atoms with Crippen LogP contribution in [-0.4, -0.2) is 20.1 Å². The Labute approximate surface area is 94.5 Å². The molecule has 2 atom stereocenters. The number of aromatic nitrogens is 3. The van der Waals surface area contributed by atoms with Gasteiger partial charge in [-0.25, -0.2) is 4.68 Å². The zero-order chi connectivity index (χ0) is 11.5. The average Bonchev–Trinajstić information content (AvgIpc) is 2.81. The van der Waals surface area contributed by atoms with E-state index >= 15 is 0 Å². The summed E-state index contributed by atoms with van der Waals surface area (Å²) in [5, 5.41) is 17.8. The lowest BCUT2D eigenvalue weighted by Gasteiger charge is -2.19. The van der Waals surface area contributed by atoms with Crippen molar-refractivity contribution in [1.82, 2.24) is 15.0 Å². The summed E-state index contributed by atoms with van der Waals surface area (Å²) in [6.07, 6.45) is 2.79. The van der Waals surface area contributed by atoms with Crippen LogP contribution in [0.25, 0.3) is 0 Å². The van der Waals surface area contributed by atoms with Crippen LogP contribution in [0, 0.1) is 6.92 Å². The Morgan fingerprint density at radius 1 is 1.25 bits per heavy atom. The van der Waals surface area contributed by atoms with Gasteiger partial charge in [-0.05, 0) is 19.4 Å². The monoisotopic (exact) mass is 217 g/mol. The van der Waals surface area contributed by atoms with Crippen LogP contribution in [0.4, 0.5) is 0 Å². The predicted molar refractivity (Wildman–Crippen MR) is 60.9 cm³/mol. The van der Waals surface area contributed by atoms with Gasteiger partial charge in [-0.15, -0.1) is 5.10 Å². The number of benzene rings is 1. The first-order valence-electron chi connectivity index (χ1n) is 5.29. The molecular weight excluding hydrogens is 202 g/mol. The molecule has 0 saturated heterocycles. The maximum absolute atomic E-state index is 10.2. The van der Waals surface area contributed by atoms with E-state index in [2.05, 4.69) is 10.3 Å². The number of aliphatic hydroxyl groups excluding tert-OH is 1. The van der Waals surface area contributed by atoms with Gasteiger partial charge in [0.1, 0.15) is 6.10 Å². The standard InChI is InChI=1S/C12H15N3O/c1-9-3-5-11(6-4-9)12(16)10(2)15-8-7-13-14-15/h3-8,10,12,16H,1-2H3. The van der Waals surface area contributed by atoms with Crippen LogP contribution >= 0.6 is 0 Å². The van der Waals surface area contributed by atoms with Gasteiger partial charge in [-0.3, -0.25) is 0 Å². The van der Waals surface area contributed by atoms with E-state index in [1.165, 1.54) is 5.56 Å². The smallest absolute Gasteiger partial charge is 0.101 e. The molecule has 0 aliphatic rings. The molecule has 0 spiro atoms. The largest absolute Gasteiger partial charge is 0.386 e. The van der Waals surface area contributed by atoms with Crippen molar-refractivity contribution in [2.45, 2.75) is 26.0 Å². The van der Waals surface area contributed by atoms with Crippen LogP contribution in [0.3, 0.4) is 0 Å². The van der Waals surface area contributed by atoms with Crippen LogP contribution in [0.1, 0.15) is 30.2 Å². The topological polar surface area (TPSA) is 50.9 Å². The summed E-state index contributed by atoms with van der Waals surface area (Å²) in [7, 11) is 0. The van der Waals surface area contributed by atoms with E-state index in [9.17, 15) is 5.11 Å². The number of hydrogen-bond acceptors (Lipinski definition) is 3. The molecule has 2 rings (SSSR count). The first kappa shape index (κ1) is 10.8. The van der Waals surface area contributed by atoms with Gasteiger partial charge < -0.3 is 5.11 Å². The Morgan fingerprint density at radius 2 is 1.94 bits per heavy atom. The third-order valence-corrected chi connectivity index (χ3v) is 2.73. The molecule has 1 aromatic heterocycles. The molecule has 4 nitrogen and oxygen atoms in total. The van der Waals surface area contributed by atoms with Crippen molar-refractivity contribution in [2.75, 3.05) is 0 Å². The van der Waals surface area contributed by atoms with Gasteiger partial charge >= 0.3 is 0 Å². The number of aliphatic hydroxyl groups is 1. The van der Waals surface area contributed by atoms with E-state index in [4.69, 9.17) is 0 Å². The highest BCUT2D eigenvalue weighted by Gasteiger charge is 2.18.